The van der Waals surface area contributed by atoms with E-state index >= 15 is 0 Å². The molecular formula is H4Br4Os. The van der Waals surface area contributed by atoms with Crippen molar-refractivity contribution in [3.8, 4) is 0 Å². The third-order valence-corrected chi connectivity index (χ3v) is 0. The van der Waals surface area contributed by atoms with Crippen LogP contribution in [0.25, 0.3) is 0 Å². The maximum absolute atomic E-state index is 0. The molecule has 0 unspecified atom stereocenters. The molecule has 5 heavy (non-hydrogen) atoms. The van der Waals surface area contributed by atoms with Gasteiger partial charge in [-0.25, -0.2) is 0 Å². The summed E-state index contributed by atoms with van der Waals surface area (Å²) in [6.07, 6.45) is 0. The van der Waals surface area contributed by atoms with E-state index in [2.05, 4.69) is 0 Å². The van der Waals surface area contributed by atoms with Gasteiger partial charge in [0.25, 0.3) is 0 Å². The second-order valence-electron chi connectivity index (χ2n) is 0. The SMILES string of the molecule is Br.Br.Br.Br.[Os]. The molecule has 0 saturated carbocycles. The van der Waals surface area contributed by atoms with Gasteiger partial charge in [-0.3, -0.25) is 0 Å². The summed E-state index contributed by atoms with van der Waals surface area (Å²) in [6.45, 7) is 0. The Hall–Kier alpha value is 2.56. The van der Waals surface area contributed by atoms with Crippen molar-refractivity contribution >= 4 is 67.9 Å². The molecule has 0 aromatic rings. The smallest absolute Gasteiger partial charge is 0 e. The monoisotopic (exact) mass is 512 g/mol. The molecule has 0 bridgehead atoms. The van der Waals surface area contributed by atoms with E-state index < -0.39 is 0 Å². The van der Waals surface area contributed by atoms with Crippen LogP contribution < -0.4 is 0 Å². The molecule has 0 saturated heterocycles. The molecule has 0 nitrogen and oxygen atoms in total. The van der Waals surface area contributed by atoms with Crippen molar-refractivity contribution in [3.05, 3.63) is 0 Å². The van der Waals surface area contributed by atoms with Crippen molar-refractivity contribution in [1.29, 1.82) is 0 Å². The molecule has 0 spiro atoms. The van der Waals surface area contributed by atoms with Crippen molar-refractivity contribution in [2.24, 2.45) is 0 Å². The van der Waals surface area contributed by atoms with Crippen LogP contribution in [0.15, 0.2) is 0 Å². The van der Waals surface area contributed by atoms with Gasteiger partial charge in [0.1, 0.15) is 0 Å². The van der Waals surface area contributed by atoms with Crippen LogP contribution in [0.4, 0.5) is 0 Å². The van der Waals surface area contributed by atoms with E-state index in [-0.39, 0.29) is 87.7 Å². The zero-order chi connectivity index (χ0) is 0. The maximum atomic E-state index is 0. The summed E-state index contributed by atoms with van der Waals surface area (Å²) < 4.78 is 0. The quantitative estimate of drug-likeness (QED) is 0.466. The zero-order valence-electron chi connectivity index (χ0n) is 1.99. The van der Waals surface area contributed by atoms with Crippen LogP contribution in [0.3, 0.4) is 0 Å². The van der Waals surface area contributed by atoms with Gasteiger partial charge in [0, 0.05) is 19.8 Å². The molecule has 0 aliphatic carbocycles. The molecule has 0 radical (unpaired) electrons. The van der Waals surface area contributed by atoms with Crippen LogP contribution in [0.1, 0.15) is 0 Å². The molecule has 0 heterocycles. The fourth-order valence-electron chi connectivity index (χ4n) is 0. The standard InChI is InChI=1S/4BrH.Os/h4*1H;. The van der Waals surface area contributed by atoms with Crippen molar-refractivity contribution in [2.45, 2.75) is 0 Å². The maximum Gasteiger partial charge on any atom is 0 e. The summed E-state index contributed by atoms with van der Waals surface area (Å²) in [6, 6.07) is 0. The van der Waals surface area contributed by atoms with Gasteiger partial charge in [-0.05, 0) is 0 Å². The Bertz CT molecular complexity index is 3.61. The van der Waals surface area contributed by atoms with Gasteiger partial charge in [0.2, 0.25) is 0 Å². The Morgan fingerprint density at radius 3 is 0.400 bits per heavy atom. The molecule has 40 valence electrons. The van der Waals surface area contributed by atoms with Crippen LogP contribution in [-0.4, -0.2) is 0 Å². The summed E-state index contributed by atoms with van der Waals surface area (Å²) in [7, 11) is 0. The van der Waals surface area contributed by atoms with Gasteiger partial charge < -0.3 is 0 Å². The minimum Gasteiger partial charge on any atom is -0.114 e. The molecule has 0 fully saturated rings. The van der Waals surface area contributed by atoms with E-state index in [1.54, 1.807) is 0 Å². The van der Waals surface area contributed by atoms with Crippen LogP contribution >= 0.6 is 67.9 Å². The Labute approximate surface area is 86.6 Å². The molecule has 0 aromatic carbocycles. The second-order valence-corrected chi connectivity index (χ2v) is 0. The van der Waals surface area contributed by atoms with Crippen LogP contribution in [-0.2, 0) is 19.8 Å². The van der Waals surface area contributed by atoms with E-state index in [1.165, 1.54) is 0 Å². The Kier molecular flexibility index (Phi) is 308. The molecular weight excluding hydrogens is 510 g/mol. The van der Waals surface area contributed by atoms with E-state index in [1.807, 2.05) is 0 Å². The molecule has 0 aliphatic heterocycles. The van der Waals surface area contributed by atoms with Crippen molar-refractivity contribution in [2.75, 3.05) is 0 Å². The van der Waals surface area contributed by atoms with E-state index in [0.717, 1.165) is 0 Å². The first kappa shape index (κ1) is 49.7. The predicted molar refractivity (Wildman–Crippen MR) is 41.3 cm³/mol. The minimum atomic E-state index is 0. The van der Waals surface area contributed by atoms with Gasteiger partial charge in [-0.15, -0.1) is 67.9 Å². The van der Waals surface area contributed by atoms with E-state index in [4.69, 9.17) is 0 Å². The summed E-state index contributed by atoms with van der Waals surface area (Å²) in [4.78, 5) is 0. The average Bonchev–Trinajstić information content (AvgIpc) is 0. The number of hydrogen-bond donors (Lipinski definition) is 0. The van der Waals surface area contributed by atoms with Crippen molar-refractivity contribution < 1.29 is 19.8 Å². The Morgan fingerprint density at radius 1 is 0.400 bits per heavy atom. The fourth-order valence-corrected chi connectivity index (χ4v) is 0. The first-order valence-corrected chi connectivity index (χ1v) is 0. The first-order valence-electron chi connectivity index (χ1n) is 0. The summed E-state index contributed by atoms with van der Waals surface area (Å²) in [5.41, 5.74) is 0. The van der Waals surface area contributed by atoms with Gasteiger partial charge in [-0.1, -0.05) is 0 Å². The number of rotatable bonds is 0. The third-order valence-electron chi connectivity index (χ3n) is 0. The molecule has 0 N–H and O–H groups in total. The molecule has 0 aliphatic rings. The van der Waals surface area contributed by atoms with Crippen molar-refractivity contribution in [3.63, 3.8) is 0 Å². The largest absolute Gasteiger partial charge is 0.114 e. The van der Waals surface area contributed by atoms with Gasteiger partial charge in [0.15, 0.2) is 0 Å². The number of halogens is 4. The fraction of sp³-hybridized carbons (Fsp3) is 0. The third kappa shape index (κ3) is 20.8. The van der Waals surface area contributed by atoms with Gasteiger partial charge in [0.05, 0.1) is 0 Å². The van der Waals surface area contributed by atoms with E-state index in [9.17, 15) is 0 Å². The topological polar surface area (TPSA) is 0 Å². The molecule has 0 atom stereocenters. The summed E-state index contributed by atoms with van der Waals surface area (Å²) >= 11 is 0. The van der Waals surface area contributed by atoms with Gasteiger partial charge in [-0.2, -0.15) is 0 Å². The average molecular weight is 514 g/mol. The second kappa shape index (κ2) is 31.0. The van der Waals surface area contributed by atoms with Crippen LogP contribution in [0.2, 0.25) is 0 Å². The number of hydrogen-bond acceptors (Lipinski definition) is 0. The summed E-state index contributed by atoms with van der Waals surface area (Å²) in [5.74, 6) is 0. The Balaban J connectivity index is 0. The summed E-state index contributed by atoms with van der Waals surface area (Å²) in [5, 5.41) is 0. The van der Waals surface area contributed by atoms with Gasteiger partial charge >= 0.3 is 0 Å². The molecule has 0 rings (SSSR count). The van der Waals surface area contributed by atoms with Crippen LogP contribution in [0.5, 0.6) is 0 Å². The normalized spacial score (nSPS) is 0. The first-order chi connectivity index (χ1) is 0. The van der Waals surface area contributed by atoms with E-state index in [0.29, 0.717) is 0 Å². The molecule has 5 heteroatoms. The molecule has 0 aromatic heterocycles. The Morgan fingerprint density at radius 2 is 0.400 bits per heavy atom. The zero-order valence-corrected chi connectivity index (χ0v) is 11.4. The minimum absolute atomic E-state index is 0. The van der Waals surface area contributed by atoms with Crippen molar-refractivity contribution in [1.82, 2.24) is 0 Å². The predicted octanol–water partition coefficient (Wildman–Crippen LogP) is 2.31. The molecule has 0 amide bonds. The van der Waals surface area contributed by atoms with Crippen LogP contribution in [0, 0.1) is 0 Å².